The van der Waals surface area contributed by atoms with Gasteiger partial charge in [0.25, 0.3) is 0 Å². The van der Waals surface area contributed by atoms with Crippen molar-refractivity contribution in [3.63, 3.8) is 0 Å². The summed E-state index contributed by atoms with van der Waals surface area (Å²) in [5.41, 5.74) is 2.59. The molecule has 0 spiro atoms. The first kappa shape index (κ1) is 30.6. The predicted molar refractivity (Wildman–Crippen MR) is 150 cm³/mol. The normalized spacial score (nSPS) is 11.5. The molecule has 0 amide bonds. The van der Waals surface area contributed by atoms with Gasteiger partial charge in [-0.25, -0.2) is 0 Å². The number of rotatable bonds is 15. The number of aryl methyl sites for hydroxylation is 1. The molecule has 0 unspecified atom stereocenters. The van der Waals surface area contributed by atoms with Gasteiger partial charge in [-0.3, -0.25) is 4.79 Å². The topological polar surface area (TPSA) is 87.0 Å². The number of ether oxygens (including phenoxy) is 5. The van der Waals surface area contributed by atoms with Gasteiger partial charge in [0.1, 0.15) is 5.75 Å². The number of hydrogen-bond donors (Lipinski definition) is 0. The second-order valence-corrected chi connectivity index (χ2v) is 9.74. The summed E-state index contributed by atoms with van der Waals surface area (Å²) in [5, 5.41) is 9.80. The van der Waals surface area contributed by atoms with Gasteiger partial charge in [0.05, 0.1) is 51.6 Å². The summed E-state index contributed by atoms with van der Waals surface area (Å²) in [5.74, 6) is 2.23. The zero-order valence-corrected chi connectivity index (χ0v) is 23.8. The minimum atomic E-state index is -0.428. The lowest BCUT2D eigenvalue weighted by Crippen LogP contribution is -2.26. The van der Waals surface area contributed by atoms with Crippen LogP contribution in [-0.4, -0.2) is 40.5 Å². The molecule has 7 heteroatoms. The summed E-state index contributed by atoms with van der Waals surface area (Å²) in [6, 6.07) is 11.6. The summed E-state index contributed by atoms with van der Waals surface area (Å²) >= 11 is 0. The maximum atomic E-state index is 12.0. The van der Waals surface area contributed by atoms with Gasteiger partial charge in [0, 0.05) is 0 Å². The first-order valence-electron chi connectivity index (χ1n) is 13.0. The smallest absolute Gasteiger partial charge is 0.311 e. The molecule has 0 heterocycles. The fourth-order valence-corrected chi connectivity index (χ4v) is 3.76. The van der Waals surface area contributed by atoms with Gasteiger partial charge in [-0.1, -0.05) is 6.92 Å². The van der Waals surface area contributed by atoms with Gasteiger partial charge in [-0.2, -0.15) is 5.26 Å². The number of carbonyl (C=O) groups is 1. The Morgan fingerprint density at radius 3 is 2.05 bits per heavy atom. The number of nitrogens with zero attached hydrogens (tertiary/aromatic N) is 1. The maximum absolute atomic E-state index is 12.0. The van der Waals surface area contributed by atoms with Crippen molar-refractivity contribution in [2.75, 3.05) is 34.5 Å². The van der Waals surface area contributed by atoms with Crippen molar-refractivity contribution in [3.8, 4) is 29.1 Å². The van der Waals surface area contributed by atoms with Crippen LogP contribution in [0.2, 0.25) is 0 Å². The first-order chi connectivity index (χ1) is 18.2. The number of esters is 1. The molecule has 7 nitrogen and oxygen atoms in total. The van der Waals surface area contributed by atoms with Crippen LogP contribution in [0.1, 0.15) is 69.6 Å². The molecule has 0 fully saturated rings. The summed E-state index contributed by atoms with van der Waals surface area (Å²) in [7, 11) is 4.78. The molecule has 0 bridgehead atoms. The van der Waals surface area contributed by atoms with E-state index in [9.17, 15) is 10.1 Å². The molecule has 0 aliphatic rings. The zero-order chi connectivity index (χ0) is 28.1. The molecule has 0 aromatic heterocycles. The third kappa shape index (κ3) is 8.44. The van der Waals surface area contributed by atoms with Crippen LogP contribution < -0.4 is 18.9 Å². The van der Waals surface area contributed by atoms with E-state index in [0.717, 1.165) is 54.5 Å². The van der Waals surface area contributed by atoms with Gasteiger partial charge in [0.15, 0.2) is 11.5 Å². The maximum Gasteiger partial charge on any atom is 0.311 e. The summed E-state index contributed by atoms with van der Waals surface area (Å²) < 4.78 is 27.9. The van der Waals surface area contributed by atoms with Crippen LogP contribution in [0.3, 0.4) is 0 Å². The van der Waals surface area contributed by atoms with Gasteiger partial charge in [0.2, 0.25) is 5.75 Å². The first-order valence-corrected chi connectivity index (χ1v) is 13.0. The van der Waals surface area contributed by atoms with Crippen LogP contribution in [0, 0.1) is 23.7 Å². The fourth-order valence-electron chi connectivity index (χ4n) is 3.76. The number of methoxy groups -OCH3 is 3. The Morgan fingerprint density at radius 1 is 0.921 bits per heavy atom. The molecule has 0 saturated carbocycles. The van der Waals surface area contributed by atoms with Crippen LogP contribution in [0.15, 0.2) is 30.3 Å². The SMILES string of the molecule is CCC(C)(C)C(=O)OCCCCCCOc1c(OC)cc(C=C(C#N)c2ccc(OC)c(C)c2)cc1OC. The van der Waals surface area contributed by atoms with E-state index in [2.05, 4.69) is 6.07 Å². The standard InChI is InChI=1S/C31H41NO6/c1-8-31(3,4)30(33)38-16-12-10-9-11-15-37-29-27(35-6)19-23(20-28(29)36-7)18-25(21-32)24-13-14-26(34-5)22(2)17-24/h13-14,17-20H,8-12,15-16H2,1-7H3. The fraction of sp³-hybridized carbons (Fsp3) is 0.484. The van der Waals surface area contributed by atoms with E-state index in [-0.39, 0.29) is 5.97 Å². The highest BCUT2D eigenvalue weighted by Gasteiger charge is 2.26. The number of benzene rings is 2. The lowest BCUT2D eigenvalue weighted by Gasteiger charge is -2.20. The van der Waals surface area contributed by atoms with E-state index < -0.39 is 5.41 Å². The van der Waals surface area contributed by atoms with Crippen molar-refractivity contribution < 1.29 is 28.5 Å². The molecular weight excluding hydrogens is 482 g/mol. The Morgan fingerprint density at radius 2 is 1.53 bits per heavy atom. The van der Waals surface area contributed by atoms with Crippen molar-refractivity contribution >= 4 is 17.6 Å². The molecule has 0 aliphatic carbocycles. The lowest BCUT2D eigenvalue weighted by molar-refractivity contribution is -0.154. The molecule has 206 valence electrons. The molecular formula is C31H41NO6. The average Bonchev–Trinajstić information content (AvgIpc) is 2.92. The second kappa shape index (κ2) is 14.9. The molecule has 38 heavy (non-hydrogen) atoms. The van der Waals surface area contributed by atoms with Crippen LogP contribution in [-0.2, 0) is 9.53 Å². The molecule has 0 radical (unpaired) electrons. The highest BCUT2D eigenvalue weighted by molar-refractivity contribution is 5.90. The molecule has 2 aromatic carbocycles. The Balaban J connectivity index is 1.99. The molecule has 2 aromatic rings. The number of carbonyl (C=O) groups excluding carboxylic acids is 1. The van der Waals surface area contributed by atoms with Gasteiger partial charge >= 0.3 is 5.97 Å². The van der Waals surface area contributed by atoms with Gasteiger partial charge in [-0.05, 0) is 106 Å². The zero-order valence-electron chi connectivity index (χ0n) is 23.8. The molecule has 0 N–H and O–H groups in total. The lowest BCUT2D eigenvalue weighted by atomic mass is 9.91. The van der Waals surface area contributed by atoms with E-state index in [1.54, 1.807) is 27.4 Å². The van der Waals surface area contributed by atoms with E-state index >= 15 is 0 Å². The quantitative estimate of drug-likeness (QED) is 0.107. The summed E-state index contributed by atoms with van der Waals surface area (Å²) in [6.45, 7) is 8.69. The molecule has 0 aliphatic heterocycles. The van der Waals surface area contributed by atoms with Crippen molar-refractivity contribution in [1.29, 1.82) is 5.26 Å². The molecule has 0 atom stereocenters. The van der Waals surface area contributed by atoms with Gasteiger partial charge in [-0.15, -0.1) is 0 Å². The van der Waals surface area contributed by atoms with Crippen LogP contribution >= 0.6 is 0 Å². The largest absolute Gasteiger partial charge is 0.496 e. The number of unbranched alkanes of at least 4 members (excludes halogenated alkanes) is 3. The number of hydrogen-bond acceptors (Lipinski definition) is 7. The predicted octanol–water partition coefficient (Wildman–Crippen LogP) is 7.00. The van der Waals surface area contributed by atoms with E-state index in [4.69, 9.17) is 23.7 Å². The Labute approximate surface area is 227 Å². The minimum absolute atomic E-state index is 0.137. The van der Waals surface area contributed by atoms with E-state index in [1.807, 2.05) is 58.0 Å². The van der Waals surface area contributed by atoms with Crippen molar-refractivity contribution in [3.05, 3.63) is 47.0 Å². The summed E-state index contributed by atoms with van der Waals surface area (Å²) in [4.78, 5) is 12.0. The van der Waals surface area contributed by atoms with E-state index in [1.165, 1.54) is 0 Å². The third-order valence-corrected chi connectivity index (χ3v) is 6.57. The Hall–Kier alpha value is -3.66. The molecule has 2 rings (SSSR count). The highest BCUT2D eigenvalue weighted by atomic mass is 16.5. The van der Waals surface area contributed by atoms with Crippen molar-refractivity contribution in [2.45, 2.75) is 59.8 Å². The van der Waals surface area contributed by atoms with Crippen LogP contribution in [0.25, 0.3) is 11.6 Å². The minimum Gasteiger partial charge on any atom is -0.496 e. The van der Waals surface area contributed by atoms with Gasteiger partial charge < -0.3 is 23.7 Å². The molecule has 0 saturated heterocycles. The average molecular weight is 524 g/mol. The second-order valence-electron chi connectivity index (χ2n) is 9.74. The number of allylic oxidation sites excluding steroid dienone is 1. The Bertz CT molecular complexity index is 1120. The number of nitriles is 1. The van der Waals surface area contributed by atoms with Crippen LogP contribution in [0.4, 0.5) is 0 Å². The van der Waals surface area contributed by atoms with Crippen molar-refractivity contribution in [1.82, 2.24) is 0 Å². The Kier molecular flexibility index (Phi) is 12.0. The third-order valence-electron chi connectivity index (χ3n) is 6.57. The summed E-state index contributed by atoms with van der Waals surface area (Å²) in [6.07, 6.45) is 6.13. The van der Waals surface area contributed by atoms with Crippen LogP contribution in [0.5, 0.6) is 23.0 Å². The monoisotopic (exact) mass is 523 g/mol. The van der Waals surface area contributed by atoms with E-state index in [0.29, 0.717) is 36.0 Å². The van der Waals surface area contributed by atoms with Crippen molar-refractivity contribution in [2.24, 2.45) is 5.41 Å². The highest BCUT2D eigenvalue weighted by Crippen LogP contribution is 2.39.